The number of rotatable bonds is 6. The maximum absolute atomic E-state index is 13.6. The summed E-state index contributed by atoms with van der Waals surface area (Å²) in [6.45, 7) is 2.87. The van der Waals surface area contributed by atoms with Gasteiger partial charge in [0, 0.05) is 51.6 Å². The van der Waals surface area contributed by atoms with E-state index in [9.17, 15) is 9.59 Å². The zero-order valence-electron chi connectivity index (χ0n) is 19.5. The fourth-order valence-electron chi connectivity index (χ4n) is 5.19. The van der Waals surface area contributed by atoms with E-state index >= 15 is 0 Å². The van der Waals surface area contributed by atoms with Crippen molar-refractivity contribution in [3.63, 3.8) is 0 Å². The summed E-state index contributed by atoms with van der Waals surface area (Å²) < 4.78 is 11.4. The van der Waals surface area contributed by atoms with Gasteiger partial charge in [0.15, 0.2) is 5.78 Å². The molecule has 2 aliphatic heterocycles. The molecule has 0 radical (unpaired) electrons. The summed E-state index contributed by atoms with van der Waals surface area (Å²) in [6.07, 6.45) is 5.10. The largest absolute Gasteiger partial charge is 0.459 e. The molecular formula is C27H29NO4S2. The van der Waals surface area contributed by atoms with Crippen LogP contribution >= 0.6 is 23.1 Å². The Labute approximate surface area is 208 Å². The fourth-order valence-corrected chi connectivity index (χ4v) is 6.42. The van der Waals surface area contributed by atoms with Gasteiger partial charge in [0.1, 0.15) is 6.61 Å². The summed E-state index contributed by atoms with van der Waals surface area (Å²) in [5.41, 5.74) is 3.87. The van der Waals surface area contributed by atoms with Crippen LogP contribution in [0.15, 0.2) is 69.2 Å². The lowest BCUT2D eigenvalue weighted by Crippen LogP contribution is -2.36. The lowest BCUT2D eigenvalue weighted by molar-refractivity contribution is -0.142. The van der Waals surface area contributed by atoms with E-state index in [1.165, 1.54) is 4.88 Å². The van der Waals surface area contributed by atoms with Crippen LogP contribution in [-0.2, 0) is 19.1 Å². The number of carbonyl (C=O) groups excluding carboxylic acids is 2. The van der Waals surface area contributed by atoms with E-state index in [4.69, 9.17) is 9.47 Å². The second kappa shape index (κ2) is 10.1. The van der Waals surface area contributed by atoms with Crippen molar-refractivity contribution in [3.8, 4) is 0 Å². The molecule has 0 spiro atoms. The van der Waals surface area contributed by atoms with Crippen molar-refractivity contribution < 1.29 is 19.1 Å². The smallest absolute Gasteiger partial charge is 0.336 e. The highest BCUT2D eigenvalue weighted by atomic mass is 32.2. The van der Waals surface area contributed by atoms with Gasteiger partial charge in [0.2, 0.25) is 0 Å². The average Bonchev–Trinajstić information content (AvgIpc) is 3.56. The molecule has 2 aromatic rings. The number of thioether (sulfide) groups is 1. The highest BCUT2D eigenvalue weighted by Gasteiger charge is 2.41. The van der Waals surface area contributed by atoms with Crippen LogP contribution in [0.3, 0.4) is 0 Å². The zero-order valence-corrected chi connectivity index (χ0v) is 21.1. The van der Waals surface area contributed by atoms with Gasteiger partial charge < -0.3 is 14.8 Å². The SMILES string of the molecule is CSc1ccc([C@@H]2C(C(=O)OC[C@H]3CCCO3)=C(C)NC3=C2C(=O)C[C@@H](c2cccs2)C3)cc1. The van der Waals surface area contributed by atoms with E-state index in [0.717, 1.165) is 41.1 Å². The van der Waals surface area contributed by atoms with Crippen LogP contribution in [0.5, 0.6) is 0 Å². The number of thiophene rings is 1. The van der Waals surface area contributed by atoms with E-state index in [1.807, 2.05) is 31.4 Å². The Hall–Kier alpha value is -2.35. The summed E-state index contributed by atoms with van der Waals surface area (Å²) in [6, 6.07) is 12.3. The van der Waals surface area contributed by atoms with Gasteiger partial charge in [0.25, 0.3) is 0 Å². The molecule has 34 heavy (non-hydrogen) atoms. The number of benzene rings is 1. The maximum Gasteiger partial charge on any atom is 0.336 e. The normalized spacial score (nSPS) is 24.8. The predicted octanol–water partition coefficient (Wildman–Crippen LogP) is 5.55. The van der Waals surface area contributed by atoms with Crippen molar-refractivity contribution in [1.29, 1.82) is 0 Å². The quantitative estimate of drug-likeness (QED) is 0.419. The van der Waals surface area contributed by atoms with E-state index in [-0.39, 0.29) is 30.4 Å². The van der Waals surface area contributed by atoms with Crippen LogP contribution in [-0.4, -0.2) is 37.3 Å². The van der Waals surface area contributed by atoms with E-state index < -0.39 is 5.92 Å². The van der Waals surface area contributed by atoms with Crippen molar-refractivity contribution in [2.75, 3.05) is 19.5 Å². The lowest BCUT2D eigenvalue weighted by Gasteiger charge is -2.36. The number of carbonyl (C=O) groups is 2. The average molecular weight is 496 g/mol. The van der Waals surface area contributed by atoms with Crippen molar-refractivity contribution in [3.05, 3.63) is 74.8 Å². The Morgan fingerprint density at radius 2 is 2.06 bits per heavy atom. The van der Waals surface area contributed by atoms with Gasteiger partial charge in [-0.1, -0.05) is 18.2 Å². The minimum atomic E-state index is -0.430. The molecule has 0 unspecified atom stereocenters. The molecule has 1 aromatic carbocycles. The number of ketones is 1. The number of allylic oxidation sites excluding steroid dienone is 3. The van der Waals surface area contributed by atoms with E-state index in [2.05, 4.69) is 28.9 Å². The minimum absolute atomic E-state index is 0.0432. The Morgan fingerprint density at radius 1 is 1.24 bits per heavy atom. The first-order valence-electron chi connectivity index (χ1n) is 11.7. The van der Waals surface area contributed by atoms with Crippen molar-refractivity contribution in [2.45, 2.75) is 55.4 Å². The Balaban J connectivity index is 1.50. The van der Waals surface area contributed by atoms with Crippen LogP contribution < -0.4 is 5.32 Å². The van der Waals surface area contributed by atoms with Gasteiger partial charge in [-0.3, -0.25) is 4.79 Å². The van der Waals surface area contributed by atoms with Gasteiger partial charge in [-0.25, -0.2) is 4.79 Å². The van der Waals surface area contributed by atoms with Crippen molar-refractivity contribution >= 4 is 34.9 Å². The van der Waals surface area contributed by atoms with Crippen LogP contribution in [0.1, 0.15) is 54.9 Å². The Bertz CT molecular complexity index is 1130. The number of ether oxygens (including phenoxy) is 2. The van der Waals surface area contributed by atoms with Crippen molar-refractivity contribution in [2.24, 2.45) is 0 Å². The first-order chi connectivity index (χ1) is 16.5. The standard InChI is InChI=1S/C27H29NO4S2/c1-16-24(27(30)32-15-19-5-3-11-31-19)25(17-7-9-20(33-2)10-8-17)26-21(28-16)13-18(14-22(26)29)23-6-4-12-34-23/h4,6-10,12,18-19,25,28H,3,5,11,13-15H2,1-2H3/t18-,19+,25+/m0/s1. The van der Waals surface area contributed by atoms with Crippen LogP contribution in [0.2, 0.25) is 0 Å². The third kappa shape index (κ3) is 4.61. The van der Waals surface area contributed by atoms with Gasteiger partial charge in [-0.05, 0) is 61.6 Å². The topological polar surface area (TPSA) is 64.6 Å². The van der Waals surface area contributed by atoms with Crippen LogP contribution in [0.4, 0.5) is 0 Å². The summed E-state index contributed by atoms with van der Waals surface area (Å²) in [5, 5.41) is 5.49. The highest BCUT2D eigenvalue weighted by Crippen LogP contribution is 2.46. The van der Waals surface area contributed by atoms with Gasteiger partial charge in [-0.15, -0.1) is 23.1 Å². The van der Waals surface area contributed by atoms with Crippen molar-refractivity contribution in [1.82, 2.24) is 5.32 Å². The second-order valence-corrected chi connectivity index (χ2v) is 10.9. The molecule has 1 saturated heterocycles. The minimum Gasteiger partial charge on any atom is -0.459 e. The van der Waals surface area contributed by atoms with Gasteiger partial charge in [0.05, 0.1) is 11.7 Å². The fraction of sp³-hybridized carbons (Fsp3) is 0.407. The third-order valence-electron chi connectivity index (χ3n) is 6.87. The molecule has 0 amide bonds. The molecule has 1 N–H and O–H groups in total. The lowest BCUT2D eigenvalue weighted by atomic mass is 9.72. The first-order valence-corrected chi connectivity index (χ1v) is 13.9. The molecule has 1 aromatic heterocycles. The monoisotopic (exact) mass is 495 g/mol. The zero-order chi connectivity index (χ0) is 23.7. The molecule has 3 aliphatic rings. The number of dihydropyridines is 1. The molecule has 0 bridgehead atoms. The third-order valence-corrected chi connectivity index (χ3v) is 8.64. The van der Waals surface area contributed by atoms with Crippen LogP contribution in [0, 0.1) is 0 Å². The number of hydrogen-bond donors (Lipinski definition) is 1. The molecule has 1 fully saturated rings. The predicted molar refractivity (Wildman–Crippen MR) is 135 cm³/mol. The molecule has 1 aliphatic carbocycles. The molecule has 3 heterocycles. The second-order valence-electron chi connectivity index (χ2n) is 9.04. The number of hydrogen-bond acceptors (Lipinski definition) is 7. The first kappa shape index (κ1) is 23.4. The summed E-state index contributed by atoms with van der Waals surface area (Å²) in [7, 11) is 0. The molecule has 5 nitrogen and oxygen atoms in total. The maximum atomic E-state index is 13.6. The van der Waals surface area contributed by atoms with E-state index in [0.29, 0.717) is 24.2 Å². The molecule has 178 valence electrons. The Morgan fingerprint density at radius 3 is 2.74 bits per heavy atom. The number of nitrogens with one attached hydrogen (secondary N) is 1. The molecule has 5 rings (SSSR count). The Kier molecular flexibility index (Phi) is 6.95. The summed E-state index contributed by atoms with van der Waals surface area (Å²) in [5.74, 6) is -0.540. The summed E-state index contributed by atoms with van der Waals surface area (Å²) in [4.78, 5) is 29.4. The summed E-state index contributed by atoms with van der Waals surface area (Å²) >= 11 is 3.36. The molecule has 3 atom stereocenters. The highest BCUT2D eigenvalue weighted by molar-refractivity contribution is 7.98. The van der Waals surface area contributed by atoms with Crippen LogP contribution in [0.25, 0.3) is 0 Å². The van der Waals surface area contributed by atoms with E-state index in [1.54, 1.807) is 23.1 Å². The molecule has 7 heteroatoms. The van der Waals surface area contributed by atoms with Gasteiger partial charge >= 0.3 is 5.97 Å². The molecule has 0 saturated carbocycles. The number of esters is 1. The number of Topliss-reactive ketones (excluding diaryl/α,β-unsaturated/α-hetero) is 1. The van der Waals surface area contributed by atoms with Gasteiger partial charge in [-0.2, -0.15) is 0 Å². The molecular weight excluding hydrogens is 466 g/mol.